The molecule has 8 heteroatoms. The number of rotatable bonds is 2. The Hall–Kier alpha value is -1.54. The van der Waals surface area contributed by atoms with Crippen LogP contribution in [-0.2, 0) is 7.05 Å². The van der Waals surface area contributed by atoms with Crippen LogP contribution in [0.5, 0.6) is 0 Å². The Morgan fingerprint density at radius 3 is 2.83 bits per heavy atom. The van der Waals surface area contributed by atoms with E-state index < -0.39 is 0 Å². The Morgan fingerprint density at radius 2 is 2.11 bits per heavy atom. The zero-order chi connectivity index (χ0) is 12.7. The number of hydrogen-bond acceptors (Lipinski definition) is 7. The zero-order valence-corrected chi connectivity index (χ0v) is 11.7. The van der Waals surface area contributed by atoms with Crippen LogP contribution in [-0.4, -0.2) is 30.2 Å². The number of hydrogen-bond donors (Lipinski definition) is 0. The van der Waals surface area contributed by atoms with Gasteiger partial charge in [-0.3, -0.25) is 0 Å². The molecule has 0 aromatic carbocycles. The molecule has 3 aromatic rings. The van der Waals surface area contributed by atoms with E-state index in [4.69, 9.17) is 0 Å². The fourth-order valence-corrected chi connectivity index (χ4v) is 3.55. The first-order chi connectivity index (χ1) is 8.66. The van der Waals surface area contributed by atoms with Crippen LogP contribution in [0.15, 0.2) is 16.5 Å². The van der Waals surface area contributed by atoms with Crippen LogP contribution >= 0.6 is 23.1 Å². The zero-order valence-electron chi connectivity index (χ0n) is 10.1. The van der Waals surface area contributed by atoms with Gasteiger partial charge in [0.2, 0.25) is 5.16 Å². The summed E-state index contributed by atoms with van der Waals surface area (Å²) in [5.41, 5.74) is 1.23. The molecule has 3 aromatic heterocycles. The molecule has 0 saturated carbocycles. The highest BCUT2D eigenvalue weighted by Crippen LogP contribution is 2.36. The smallest absolute Gasteiger partial charge is 0.215 e. The van der Waals surface area contributed by atoms with Gasteiger partial charge in [0, 0.05) is 17.3 Å². The standard InChI is InChI=1S/C10H10N6S2/c1-5-6(2)17-8-7(5)9(12-4-11-8)18-10-13-14-15-16(10)3/h4H,1-3H3. The van der Waals surface area contributed by atoms with Gasteiger partial charge in [-0.15, -0.1) is 16.4 Å². The molecule has 0 aliphatic heterocycles. The minimum Gasteiger partial charge on any atom is -0.229 e. The average Bonchev–Trinajstić information content (AvgIpc) is 2.86. The van der Waals surface area contributed by atoms with Crippen LogP contribution < -0.4 is 0 Å². The van der Waals surface area contributed by atoms with Crippen molar-refractivity contribution < 1.29 is 0 Å². The third kappa shape index (κ3) is 1.77. The third-order valence-corrected chi connectivity index (χ3v) is 4.85. The van der Waals surface area contributed by atoms with Crippen molar-refractivity contribution in [3.05, 3.63) is 16.8 Å². The van der Waals surface area contributed by atoms with Crippen LogP contribution in [0.4, 0.5) is 0 Å². The lowest BCUT2D eigenvalue weighted by atomic mass is 10.2. The second-order valence-electron chi connectivity index (χ2n) is 3.83. The number of fused-ring (bicyclic) bond motifs is 1. The first-order valence-corrected chi connectivity index (χ1v) is 6.91. The first kappa shape index (κ1) is 11.5. The molecule has 0 unspecified atom stereocenters. The van der Waals surface area contributed by atoms with Crippen LogP contribution in [0.25, 0.3) is 10.2 Å². The lowest BCUT2D eigenvalue weighted by Crippen LogP contribution is -1.94. The van der Waals surface area contributed by atoms with E-state index in [1.54, 1.807) is 22.3 Å². The summed E-state index contributed by atoms with van der Waals surface area (Å²) < 4.78 is 1.63. The molecule has 0 fully saturated rings. The number of tetrazole rings is 1. The Labute approximate surface area is 111 Å². The summed E-state index contributed by atoms with van der Waals surface area (Å²) in [5, 5.41) is 14.1. The van der Waals surface area contributed by atoms with E-state index in [0.717, 1.165) is 20.4 Å². The average molecular weight is 278 g/mol. The molecule has 18 heavy (non-hydrogen) atoms. The fraction of sp³-hybridized carbons (Fsp3) is 0.300. The summed E-state index contributed by atoms with van der Waals surface area (Å²) in [6, 6.07) is 0. The Kier molecular flexibility index (Phi) is 2.75. The molecular formula is C10H10N6S2. The van der Waals surface area contributed by atoms with Crippen molar-refractivity contribution in [3.8, 4) is 0 Å². The third-order valence-electron chi connectivity index (χ3n) is 2.70. The highest BCUT2D eigenvalue weighted by atomic mass is 32.2. The second kappa shape index (κ2) is 4.29. The van der Waals surface area contributed by atoms with Crippen LogP contribution in [0, 0.1) is 13.8 Å². The highest BCUT2D eigenvalue weighted by molar-refractivity contribution is 7.99. The van der Waals surface area contributed by atoms with E-state index in [9.17, 15) is 0 Å². The molecule has 0 spiro atoms. The van der Waals surface area contributed by atoms with Crippen LogP contribution in [0.1, 0.15) is 10.4 Å². The van der Waals surface area contributed by atoms with Gasteiger partial charge < -0.3 is 0 Å². The molecule has 3 heterocycles. The maximum atomic E-state index is 4.35. The summed E-state index contributed by atoms with van der Waals surface area (Å²) in [7, 11) is 1.81. The van der Waals surface area contributed by atoms with Gasteiger partial charge in [-0.2, -0.15) is 0 Å². The highest BCUT2D eigenvalue weighted by Gasteiger charge is 2.15. The maximum absolute atomic E-state index is 4.35. The van der Waals surface area contributed by atoms with Gasteiger partial charge in [0.25, 0.3) is 0 Å². The van der Waals surface area contributed by atoms with E-state index in [1.165, 1.54) is 22.2 Å². The number of aromatic nitrogens is 6. The molecule has 0 bridgehead atoms. The van der Waals surface area contributed by atoms with E-state index in [2.05, 4.69) is 39.3 Å². The monoisotopic (exact) mass is 278 g/mol. The summed E-state index contributed by atoms with van der Waals surface area (Å²) in [4.78, 5) is 10.9. The Balaban J connectivity index is 2.15. The summed E-state index contributed by atoms with van der Waals surface area (Å²) in [5.74, 6) is 0. The summed E-state index contributed by atoms with van der Waals surface area (Å²) in [6.07, 6.45) is 1.59. The van der Waals surface area contributed by atoms with E-state index in [-0.39, 0.29) is 0 Å². The summed E-state index contributed by atoms with van der Waals surface area (Å²) >= 11 is 3.15. The predicted octanol–water partition coefficient (Wildman–Crippen LogP) is 1.98. The molecule has 92 valence electrons. The molecule has 0 aliphatic carbocycles. The van der Waals surface area contributed by atoms with Gasteiger partial charge in [0.15, 0.2) is 0 Å². The first-order valence-electron chi connectivity index (χ1n) is 5.27. The SMILES string of the molecule is Cc1sc2ncnc(Sc3nnnn3C)c2c1C. The van der Waals surface area contributed by atoms with Crippen molar-refractivity contribution in [2.45, 2.75) is 24.0 Å². The maximum Gasteiger partial charge on any atom is 0.215 e. The van der Waals surface area contributed by atoms with Gasteiger partial charge in [-0.05, 0) is 41.6 Å². The van der Waals surface area contributed by atoms with Gasteiger partial charge in [0.1, 0.15) is 16.2 Å². The molecule has 0 amide bonds. The van der Waals surface area contributed by atoms with Crippen molar-refractivity contribution in [2.75, 3.05) is 0 Å². The molecular weight excluding hydrogens is 268 g/mol. The van der Waals surface area contributed by atoms with E-state index >= 15 is 0 Å². The van der Waals surface area contributed by atoms with Crippen molar-refractivity contribution in [1.29, 1.82) is 0 Å². The van der Waals surface area contributed by atoms with Crippen molar-refractivity contribution in [1.82, 2.24) is 30.2 Å². The van der Waals surface area contributed by atoms with Gasteiger partial charge in [0.05, 0.1) is 0 Å². The van der Waals surface area contributed by atoms with E-state index in [0.29, 0.717) is 0 Å². The van der Waals surface area contributed by atoms with E-state index in [1.807, 2.05) is 7.05 Å². The fourth-order valence-electron chi connectivity index (χ4n) is 1.62. The van der Waals surface area contributed by atoms with Crippen LogP contribution in [0.3, 0.4) is 0 Å². The molecule has 3 rings (SSSR count). The lowest BCUT2D eigenvalue weighted by molar-refractivity contribution is 0.664. The lowest BCUT2D eigenvalue weighted by Gasteiger charge is -2.01. The minimum absolute atomic E-state index is 0.721. The molecule has 0 aliphatic rings. The summed E-state index contributed by atoms with van der Waals surface area (Å²) in [6.45, 7) is 4.19. The normalized spacial score (nSPS) is 11.3. The number of aryl methyl sites for hydroxylation is 3. The molecule has 6 nitrogen and oxygen atoms in total. The molecule has 0 N–H and O–H groups in total. The van der Waals surface area contributed by atoms with Gasteiger partial charge in [-0.1, -0.05) is 0 Å². The van der Waals surface area contributed by atoms with Gasteiger partial charge in [-0.25, -0.2) is 14.6 Å². The topological polar surface area (TPSA) is 69.4 Å². The molecule has 0 atom stereocenters. The van der Waals surface area contributed by atoms with Crippen LogP contribution in [0.2, 0.25) is 0 Å². The quantitative estimate of drug-likeness (QED) is 0.668. The number of nitrogens with zero attached hydrogens (tertiary/aromatic N) is 6. The second-order valence-corrected chi connectivity index (χ2v) is 5.99. The van der Waals surface area contributed by atoms with Crippen molar-refractivity contribution in [2.24, 2.45) is 7.05 Å². The molecule has 0 saturated heterocycles. The van der Waals surface area contributed by atoms with Crippen molar-refractivity contribution in [3.63, 3.8) is 0 Å². The Morgan fingerprint density at radius 1 is 1.28 bits per heavy atom. The molecule has 0 radical (unpaired) electrons. The van der Waals surface area contributed by atoms with Crippen molar-refractivity contribution >= 4 is 33.3 Å². The minimum atomic E-state index is 0.721. The number of thiophene rings is 1. The predicted molar refractivity (Wildman–Crippen MR) is 69.8 cm³/mol. The van der Waals surface area contributed by atoms with Gasteiger partial charge >= 0.3 is 0 Å². The Bertz CT molecular complexity index is 716. The largest absolute Gasteiger partial charge is 0.229 e.